The second-order valence-corrected chi connectivity index (χ2v) is 4.34. The van der Waals surface area contributed by atoms with E-state index in [0.717, 1.165) is 23.7 Å². The molecule has 2 rings (SSSR count). The predicted octanol–water partition coefficient (Wildman–Crippen LogP) is 2.98. The summed E-state index contributed by atoms with van der Waals surface area (Å²) in [6, 6.07) is 3.71. The minimum Gasteiger partial charge on any atom is -0.469 e. The smallest absolute Gasteiger partial charge is 0.134 e. The fraction of sp³-hybridized carbons (Fsp3) is 0.333. The SMILES string of the molecule is Cc1nc(Cl)cc(N(C)Cc2ccoc2C)n1. The summed E-state index contributed by atoms with van der Waals surface area (Å²) >= 11 is 5.91. The number of hydrogen-bond donors (Lipinski definition) is 0. The summed E-state index contributed by atoms with van der Waals surface area (Å²) in [4.78, 5) is 10.4. The molecule has 5 heteroatoms. The highest BCUT2D eigenvalue weighted by Crippen LogP contribution is 2.18. The van der Waals surface area contributed by atoms with Crippen LogP contribution >= 0.6 is 11.6 Å². The summed E-state index contributed by atoms with van der Waals surface area (Å²) in [5, 5.41) is 0.461. The Labute approximate surface area is 105 Å². The molecule has 17 heavy (non-hydrogen) atoms. The quantitative estimate of drug-likeness (QED) is 0.787. The second kappa shape index (κ2) is 4.75. The number of aromatic nitrogens is 2. The van der Waals surface area contributed by atoms with Gasteiger partial charge in [-0.1, -0.05) is 11.6 Å². The molecule has 0 fully saturated rings. The molecule has 0 spiro atoms. The number of aryl methyl sites for hydroxylation is 2. The molecule has 0 amide bonds. The number of nitrogens with zero attached hydrogens (tertiary/aromatic N) is 3. The lowest BCUT2D eigenvalue weighted by atomic mass is 10.2. The van der Waals surface area contributed by atoms with Crippen molar-refractivity contribution in [1.29, 1.82) is 0 Å². The molecule has 0 radical (unpaired) electrons. The van der Waals surface area contributed by atoms with E-state index in [9.17, 15) is 0 Å². The molecule has 2 aromatic heterocycles. The Hall–Kier alpha value is -1.55. The van der Waals surface area contributed by atoms with Crippen molar-refractivity contribution in [3.05, 3.63) is 40.7 Å². The van der Waals surface area contributed by atoms with Gasteiger partial charge in [-0.15, -0.1) is 0 Å². The van der Waals surface area contributed by atoms with Crippen molar-refractivity contribution in [3.8, 4) is 0 Å². The summed E-state index contributed by atoms with van der Waals surface area (Å²) < 4.78 is 5.26. The Kier molecular flexibility index (Phi) is 3.33. The van der Waals surface area contributed by atoms with Crippen LogP contribution in [-0.4, -0.2) is 17.0 Å². The fourth-order valence-corrected chi connectivity index (χ4v) is 1.84. The Balaban J connectivity index is 2.20. The van der Waals surface area contributed by atoms with E-state index in [1.165, 1.54) is 0 Å². The van der Waals surface area contributed by atoms with Gasteiger partial charge in [0, 0.05) is 25.2 Å². The first-order chi connectivity index (χ1) is 8.06. The number of furan rings is 1. The maximum absolute atomic E-state index is 5.91. The molecular weight excluding hydrogens is 238 g/mol. The largest absolute Gasteiger partial charge is 0.469 e. The Morgan fingerprint density at radius 3 is 2.71 bits per heavy atom. The van der Waals surface area contributed by atoms with Crippen molar-refractivity contribution in [2.75, 3.05) is 11.9 Å². The van der Waals surface area contributed by atoms with Crippen LogP contribution in [0.5, 0.6) is 0 Å². The Morgan fingerprint density at radius 1 is 1.35 bits per heavy atom. The summed E-state index contributed by atoms with van der Waals surface area (Å²) in [6.07, 6.45) is 1.69. The van der Waals surface area contributed by atoms with Crippen molar-refractivity contribution in [2.24, 2.45) is 0 Å². The summed E-state index contributed by atoms with van der Waals surface area (Å²) in [5.41, 5.74) is 1.14. The third-order valence-corrected chi connectivity index (χ3v) is 2.75. The van der Waals surface area contributed by atoms with Crippen LogP contribution in [0.3, 0.4) is 0 Å². The van der Waals surface area contributed by atoms with Crippen LogP contribution in [0.15, 0.2) is 22.8 Å². The van der Waals surface area contributed by atoms with E-state index < -0.39 is 0 Å². The summed E-state index contributed by atoms with van der Waals surface area (Å²) in [7, 11) is 1.96. The molecule has 0 aliphatic rings. The molecule has 0 N–H and O–H groups in total. The van der Waals surface area contributed by atoms with Gasteiger partial charge in [0.05, 0.1) is 6.26 Å². The summed E-state index contributed by atoms with van der Waals surface area (Å²) in [6.45, 7) is 4.50. The number of anilines is 1. The zero-order valence-corrected chi connectivity index (χ0v) is 10.8. The molecule has 0 aromatic carbocycles. The highest BCUT2D eigenvalue weighted by molar-refractivity contribution is 6.29. The van der Waals surface area contributed by atoms with Gasteiger partial charge >= 0.3 is 0 Å². The Bertz CT molecular complexity index is 504. The van der Waals surface area contributed by atoms with Gasteiger partial charge < -0.3 is 9.32 Å². The lowest BCUT2D eigenvalue weighted by molar-refractivity contribution is 0.529. The first kappa shape index (κ1) is 11.9. The second-order valence-electron chi connectivity index (χ2n) is 3.95. The van der Waals surface area contributed by atoms with E-state index in [1.54, 1.807) is 12.3 Å². The van der Waals surface area contributed by atoms with Gasteiger partial charge in [0.15, 0.2) is 0 Å². The highest BCUT2D eigenvalue weighted by Gasteiger charge is 2.09. The predicted molar refractivity (Wildman–Crippen MR) is 67.3 cm³/mol. The molecule has 0 saturated carbocycles. The monoisotopic (exact) mass is 251 g/mol. The van der Waals surface area contributed by atoms with Crippen molar-refractivity contribution in [3.63, 3.8) is 0 Å². The molecule has 0 aliphatic carbocycles. The maximum Gasteiger partial charge on any atom is 0.134 e. The molecule has 0 saturated heterocycles. The lowest BCUT2D eigenvalue weighted by Crippen LogP contribution is -2.18. The molecule has 4 nitrogen and oxygen atoms in total. The van der Waals surface area contributed by atoms with Gasteiger partial charge in [0.25, 0.3) is 0 Å². The third kappa shape index (κ3) is 2.77. The fourth-order valence-electron chi connectivity index (χ4n) is 1.62. The van der Waals surface area contributed by atoms with E-state index in [1.807, 2.05) is 31.9 Å². The highest BCUT2D eigenvalue weighted by atomic mass is 35.5. The van der Waals surface area contributed by atoms with Crippen molar-refractivity contribution < 1.29 is 4.42 Å². The van der Waals surface area contributed by atoms with Crippen LogP contribution in [-0.2, 0) is 6.54 Å². The van der Waals surface area contributed by atoms with Crippen LogP contribution in [0.1, 0.15) is 17.1 Å². The van der Waals surface area contributed by atoms with Gasteiger partial charge in [-0.2, -0.15) is 0 Å². The van der Waals surface area contributed by atoms with Gasteiger partial charge in [-0.3, -0.25) is 0 Å². The minimum atomic E-state index is 0.461. The summed E-state index contributed by atoms with van der Waals surface area (Å²) in [5.74, 6) is 2.40. The Morgan fingerprint density at radius 2 is 2.12 bits per heavy atom. The first-order valence-electron chi connectivity index (χ1n) is 5.31. The van der Waals surface area contributed by atoms with Gasteiger partial charge in [0.1, 0.15) is 22.6 Å². The van der Waals surface area contributed by atoms with Crippen LogP contribution in [0.4, 0.5) is 5.82 Å². The zero-order valence-electron chi connectivity index (χ0n) is 10.1. The average Bonchev–Trinajstić information content (AvgIpc) is 2.63. The first-order valence-corrected chi connectivity index (χ1v) is 5.69. The average molecular weight is 252 g/mol. The molecule has 2 heterocycles. The topological polar surface area (TPSA) is 42.2 Å². The van der Waals surface area contributed by atoms with E-state index in [0.29, 0.717) is 11.0 Å². The molecule has 0 bridgehead atoms. The zero-order chi connectivity index (χ0) is 12.4. The van der Waals surface area contributed by atoms with E-state index in [2.05, 4.69) is 9.97 Å². The normalized spacial score (nSPS) is 10.6. The third-order valence-electron chi connectivity index (χ3n) is 2.56. The molecule has 0 atom stereocenters. The van der Waals surface area contributed by atoms with Crippen LogP contribution < -0.4 is 4.90 Å². The van der Waals surface area contributed by atoms with Crippen molar-refractivity contribution in [1.82, 2.24) is 9.97 Å². The van der Waals surface area contributed by atoms with Crippen LogP contribution in [0, 0.1) is 13.8 Å². The van der Waals surface area contributed by atoms with Gasteiger partial charge in [-0.05, 0) is 19.9 Å². The van der Waals surface area contributed by atoms with Gasteiger partial charge in [0.2, 0.25) is 0 Å². The van der Waals surface area contributed by atoms with Crippen LogP contribution in [0.25, 0.3) is 0 Å². The maximum atomic E-state index is 5.91. The standard InChI is InChI=1S/C12H14ClN3O/c1-8-10(4-5-17-8)7-16(3)12-6-11(13)14-9(2)15-12/h4-6H,7H2,1-3H3. The minimum absolute atomic E-state index is 0.461. The number of halogens is 1. The lowest BCUT2D eigenvalue weighted by Gasteiger charge is -2.18. The molecule has 2 aromatic rings. The molecule has 0 unspecified atom stereocenters. The van der Waals surface area contributed by atoms with E-state index >= 15 is 0 Å². The van der Waals surface area contributed by atoms with E-state index in [4.69, 9.17) is 16.0 Å². The number of hydrogen-bond acceptors (Lipinski definition) is 4. The number of rotatable bonds is 3. The van der Waals surface area contributed by atoms with Gasteiger partial charge in [-0.25, -0.2) is 9.97 Å². The van der Waals surface area contributed by atoms with Crippen LogP contribution in [0.2, 0.25) is 5.15 Å². The van der Waals surface area contributed by atoms with Crippen molar-refractivity contribution in [2.45, 2.75) is 20.4 Å². The molecular formula is C12H14ClN3O. The molecule has 0 aliphatic heterocycles. The molecule has 90 valence electrons. The van der Waals surface area contributed by atoms with Crippen molar-refractivity contribution >= 4 is 17.4 Å². The van der Waals surface area contributed by atoms with E-state index in [-0.39, 0.29) is 0 Å².